The Morgan fingerprint density at radius 2 is 2.00 bits per heavy atom. The second kappa shape index (κ2) is 3.89. The molecule has 0 N–H and O–H groups in total. The molecule has 0 radical (unpaired) electrons. The highest BCUT2D eigenvalue weighted by molar-refractivity contribution is 5.82. The van der Waals surface area contributed by atoms with E-state index >= 15 is 0 Å². The Kier molecular flexibility index (Phi) is 2.58. The van der Waals surface area contributed by atoms with Crippen molar-refractivity contribution in [1.82, 2.24) is 4.57 Å². The molecule has 1 aromatic carbocycles. The number of aromatic nitrogens is 1. The molecule has 0 saturated carbocycles. The Balaban J connectivity index is 2.83. The van der Waals surface area contributed by atoms with Crippen LogP contribution < -0.4 is 5.56 Å². The average molecular weight is 201 g/mol. The van der Waals surface area contributed by atoms with Crippen LogP contribution in [0.25, 0.3) is 10.9 Å². The monoisotopic (exact) mass is 201 g/mol. The van der Waals surface area contributed by atoms with Gasteiger partial charge in [0.2, 0.25) is 0 Å². The Labute approximate surface area is 89.2 Å². The van der Waals surface area contributed by atoms with Gasteiger partial charge >= 0.3 is 0 Å². The second-order valence-corrected chi connectivity index (χ2v) is 3.83. The minimum Gasteiger partial charge on any atom is -0.308 e. The van der Waals surface area contributed by atoms with E-state index in [2.05, 4.69) is 13.0 Å². The maximum Gasteiger partial charge on any atom is 0.251 e. The van der Waals surface area contributed by atoms with E-state index < -0.39 is 0 Å². The van der Waals surface area contributed by atoms with E-state index in [-0.39, 0.29) is 5.56 Å². The number of fused-ring (bicyclic) bond motifs is 1. The van der Waals surface area contributed by atoms with Gasteiger partial charge in [-0.25, -0.2) is 0 Å². The SMILES string of the molecule is CCCn1c(=O)cc(C)c2ccccc21. The molecule has 0 unspecified atom stereocenters. The van der Waals surface area contributed by atoms with Crippen molar-refractivity contribution in [2.24, 2.45) is 0 Å². The summed E-state index contributed by atoms with van der Waals surface area (Å²) in [5, 5.41) is 1.17. The van der Waals surface area contributed by atoms with Crippen LogP contribution in [0, 0.1) is 6.92 Å². The van der Waals surface area contributed by atoms with E-state index in [0.717, 1.165) is 24.0 Å². The van der Waals surface area contributed by atoms with E-state index in [9.17, 15) is 4.79 Å². The number of para-hydroxylation sites is 1. The number of aryl methyl sites for hydroxylation is 2. The van der Waals surface area contributed by atoms with Crippen LogP contribution in [0.5, 0.6) is 0 Å². The number of hydrogen-bond acceptors (Lipinski definition) is 1. The van der Waals surface area contributed by atoms with E-state index in [1.807, 2.05) is 29.7 Å². The number of pyridine rings is 1. The van der Waals surface area contributed by atoms with Gasteiger partial charge in [-0.3, -0.25) is 4.79 Å². The second-order valence-electron chi connectivity index (χ2n) is 3.83. The largest absolute Gasteiger partial charge is 0.308 e. The molecule has 2 aromatic rings. The van der Waals surface area contributed by atoms with Crippen LogP contribution in [0.2, 0.25) is 0 Å². The van der Waals surface area contributed by atoms with Gasteiger partial charge < -0.3 is 4.57 Å². The maximum absolute atomic E-state index is 11.8. The van der Waals surface area contributed by atoms with Crippen molar-refractivity contribution in [3.05, 3.63) is 46.2 Å². The summed E-state index contributed by atoms with van der Waals surface area (Å²) in [6, 6.07) is 9.79. The molecule has 0 amide bonds. The van der Waals surface area contributed by atoms with Gasteiger partial charge in [0, 0.05) is 18.0 Å². The lowest BCUT2D eigenvalue weighted by Gasteiger charge is -2.10. The average Bonchev–Trinajstić information content (AvgIpc) is 2.24. The quantitative estimate of drug-likeness (QED) is 0.732. The third-order valence-electron chi connectivity index (χ3n) is 2.67. The van der Waals surface area contributed by atoms with Crippen molar-refractivity contribution in [2.75, 3.05) is 0 Å². The standard InChI is InChI=1S/C13H15NO/c1-3-8-14-12-7-5-4-6-11(12)10(2)9-13(14)15/h4-7,9H,3,8H2,1-2H3. The molecule has 0 fully saturated rings. The normalized spacial score (nSPS) is 10.8. The fraction of sp³-hybridized carbons (Fsp3) is 0.308. The molecule has 0 aliphatic rings. The van der Waals surface area contributed by atoms with Crippen LogP contribution >= 0.6 is 0 Å². The van der Waals surface area contributed by atoms with Crippen molar-refractivity contribution >= 4 is 10.9 Å². The zero-order valence-corrected chi connectivity index (χ0v) is 9.16. The van der Waals surface area contributed by atoms with Crippen molar-refractivity contribution in [3.63, 3.8) is 0 Å². The van der Waals surface area contributed by atoms with Crippen molar-refractivity contribution in [3.8, 4) is 0 Å². The highest BCUT2D eigenvalue weighted by Crippen LogP contribution is 2.15. The fourth-order valence-corrected chi connectivity index (χ4v) is 1.96. The lowest BCUT2D eigenvalue weighted by Crippen LogP contribution is -2.19. The van der Waals surface area contributed by atoms with E-state index in [4.69, 9.17) is 0 Å². The van der Waals surface area contributed by atoms with Crippen LogP contribution in [0.4, 0.5) is 0 Å². The van der Waals surface area contributed by atoms with Crippen LogP contribution in [0.3, 0.4) is 0 Å². The van der Waals surface area contributed by atoms with Crippen LogP contribution in [0.15, 0.2) is 35.1 Å². The molecule has 0 saturated heterocycles. The van der Waals surface area contributed by atoms with Gasteiger partial charge in [0.15, 0.2) is 0 Å². The number of benzene rings is 1. The first-order chi connectivity index (χ1) is 7.24. The van der Waals surface area contributed by atoms with Gasteiger partial charge in [0.05, 0.1) is 5.52 Å². The zero-order chi connectivity index (χ0) is 10.8. The topological polar surface area (TPSA) is 22.0 Å². The van der Waals surface area contributed by atoms with Crippen LogP contribution in [-0.4, -0.2) is 4.57 Å². The molecule has 0 aliphatic carbocycles. The number of rotatable bonds is 2. The van der Waals surface area contributed by atoms with E-state index in [1.165, 1.54) is 5.39 Å². The van der Waals surface area contributed by atoms with Gasteiger partial charge in [-0.15, -0.1) is 0 Å². The third kappa shape index (κ3) is 1.67. The van der Waals surface area contributed by atoms with Crippen LogP contribution in [0.1, 0.15) is 18.9 Å². The summed E-state index contributed by atoms with van der Waals surface area (Å²) < 4.78 is 1.85. The van der Waals surface area contributed by atoms with Crippen molar-refractivity contribution in [1.29, 1.82) is 0 Å². The van der Waals surface area contributed by atoms with Crippen LogP contribution in [-0.2, 0) is 6.54 Å². The van der Waals surface area contributed by atoms with Crippen molar-refractivity contribution < 1.29 is 0 Å². The maximum atomic E-state index is 11.8. The fourth-order valence-electron chi connectivity index (χ4n) is 1.96. The molecule has 2 heteroatoms. The van der Waals surface area contributed by atoms with Gasteiger partial charge in [-0.1, -0.05) is 25.1 Å². The Morgan fingerprint density at radius 1 is 1.27 bits per heavy atom. The Morgan fingerprint density at radius 3 is 2.73 bits per heavy atom. The molecule has 0 bridgehead atoms. The summed E-state index contributed by atoms with van der Waals surface area (Å²) in [6.07, 6.45) is 0.979. The lowest BCUT2D eigenvalue weighted by atomic mass is 10.1. The molecule has 1 heterocycles. The minimum atomic E-state index is 0.105. The van der Waals surface area contributed by atoms with Gasteiger partial charge in [-0.2, -0.15) is 0 Å². The number of nitrogens with zero attached hydrogens (tertiary/aromatic N) is 1. The minimum absolute atomic E-state index is 0.105. The number of hydrogen-bond donors (Lipinski definition) is 0. The zero-order valence-electron chi connectivity index (χ0n) is 9.16. The van der Waals surface area contributed by atoms with E-state index in [0.29, 0.717) is 0 Å². The Bertz CT molecular complexity index is 540. The highest BCUT2D eigenvalue weighted by atomic mass is 16.1. The molecule has 15 heavy (non-hydrogen) atoms. The first-order valence-electron chi connectivity index (χ1n) is 5.33. The summed E-state index contributed by atoms with van der Waals surface area (Å²) in [7, 11) is 0. The van der Waals surface area contributed by atoms with E-state index in [1.54, 1.807) is 6.07 Å². The highest BCUT2D eigenvalue weighted by Gasteiger charge is 2.04. The molecule has 0 spiro atoms. The third-order valence-corrected chi connectivity index (χ3v) is 2.67. The lowest BCUT2D eigenvalue weighted by molar-refractivity contribution is 0.677. The summed E-state index contributed by atoms with van der Waals surface area (Å²) in [6.45, 7) is 4.86. The van der Waals surface area contributed by atoms with Gasteiger partial charge in [0.1, 0.15) is 0 Å². The summed E-state index contributed by atoms with van der Waals surface area (Å²) in [4.78, 5) is 11.8. The Hall–Kier alpha value is -1.57. The van der Waals surface area contributed by atoms with Crippen molar-refractivity contribution in [2.45, 2.75) is 26.8 Å². The molecule has 1 aromatic heterocycles. The predicted molar refractivity (Wildman–Crippen MR) is 63.2 cm³/mol. The summed E-state index contributed by atoms with van der Waals surface area (Å²) in [5.74, 6) is 0. The molecule has 0 atom stereocenters. The predicted octanol–water partition coefficient (Wildman–Crippen LogP) is 2.72. The first kappa shape index (κ1) is 9.97. The smallest absolute Gasteiger partial charge is 0.251 e. The molecule has 78 valence electrons. The molecule has 2 rings (SSSR count). The first-order valence-corrected chi connectivity index (χ1v) is 5.33. The van der Waals surface area contributed by atoms with Gasteiger partial charge in [-0.05, 0) is 25.0 Å². The van der Waals surface area contributed by atoms with Gasteiger partial charge in [0.25, 0.3) is 5.56 Å². The molecular weight excluding hydrogens is 186 g/mol. The molecule has 2 nitrogen and oxygen atoms in total. The summed E-state index contributed by atoms with van der Waals surface area (Å²) in [5.41, 5.74) is 2.21. The summed E-state index contributed by atoms with van der Waals surface area (Å²) >= 11 is 0. The molecular formula is C13H15NO. The molecule has 0 aliphatic heterocycles.